The summed E-state index contributed by atoms with van der Waals surface area (Å²) in [6.45, 7) is 1.42. The van der Waals surface area contributed by atoms with Crippen LogP contribution in [0.4, 0.5) is 13.2 Å². The topological polar surface area (TPSA) is 17.1 Å². The van der Waals surface area contributed by atoms with Gasteiger partial charge in [0, 0.05) is 12.0 Å². The van der Waals surface area contributed by atoms with E-state index in [1.165, 1.54) is 6.92 Å². The van der Waals surface area contributed by atoms with E-state index in [9.17, 15) is 18.0 Å². The van der Waals surface area contributed by atoms with Gasteiger partial charge in [0.15, 0.2) is 11.6 Å². The minimum absolute atomic E-state index is 0.0378. The number of hydrogen-bond acceptors (Lipinski definition) is 1. The summed E-state index contributed by atoms with van der Waals surface area (Å²) >= 11 is 0. The number of hydrogen-bond donors (Lipinski definition) is 0. The predicted octanol–water partition coefficient (Wildman–Crippen LogP) is 2.80. The average Bonchev–Trinajstić information content (AvgIpc) is 2.90. The Kier molecular flexibility index (Phi) is 2.29. The molecule has 0 heterocycles. The minimum atomic E-state index is -1.20. The van der Waals surface area contributed by atoms with Crippen molar-refractivity contribution in [2.24, 2.45) is 5.92 Å². The molecule has 1 nitrogen and oxygen atoms in total. The first-order valence-corrected chi connectivity index (χ1v) is 4.65. The molecule has 1 aromatic carbocycles. The SMILES string of the molecule is CC(=O)C1CC1c1cc(F)c(F)cc1F. The van der Waals surface area contributed by atoms with E-state index in [1.807, 2.05) is 0 Å². The van der Waals surface area contributed by atoms with Crippen molar-refractivity contribution in [2.75, 3.05) is 0 Å². The van der Waals surface area contributed by atoms with Gasteiger partial charge in [-0.05, 0) is 30.9 Å². The third kappa shape index (κ3) is 1.76. The molecule has 0 spiro atoms. The highest BCUT2D eigenvalue weighted by Crippen LogP contribution is 2.48. The minimum Gasteiger partial charge on any atom is -0.300 e. The summed E-state index contributed by atoms with van der Waals surface area (Å²) < 4.78 is 38.7. The van der Waals surface area contributed by atoms with Gasteiger partial charge in [-0.15, -0.1) is 0 Å². The predicted molar refractivity (Wildman–Crippen MR) is 47.8 cm³/mol. The Morgan fingerprint density at radius 2 is 1.80 bits per heavy atom. The van der Waals surface area contributed by atoms with Gasteiger partial charge in [0.05, 0.1) is 0 Å². The summed E-state index contributed by atoms with van der Waals surface area (Å²) in [5.74, 6) is -3.59. The molecule has 2 rings (SSSR count). The molecule has 1 aromatic rings. The third-order valence-electron chi connectivity index (χ3n) is 2.75. The molecule has 15 heavy (non-hydrogen) atoms. The zero-order chi connectivity index (χ0) is 11.2. The van der Waals surface area contributed by atoms with Gasteiger partial charge in [-0.1, -0.05) is 0 Å². The van der Waals surface area contributed by atoms with Crippen molar-refractivity contribution in [3.63, 3.8) is 0 Å². The van der Waals surface area contributed by atoms with Gasteiger partial charge >= 0.3 is 0 Å². The molecule has 1 aliphatic carbocycles. The van der Waals surface area contributed by atoms with E-state index in [0.717, 1.165) is 6.07 Å². The fourth-order valence-electron chi connectivity index (χ4n) is 1.81. The van der Waals surface area contributed by atoms with E-state index in [4.69, 9.17) is 0 Å². The average molecular weight is 214 g/mol. The summed E-state index contributed by atoms with van der Waals surface area (Å²) in [7, 11) is 0. The van der Waals surface area contributed by atoms with E-state index in [1.54, 1.807) is 0 Å². The first kappa shape index (κ1) is 10.2. The Morgan fingerprint density at radius 3 is 2.33 bits per heavy atom. The van der Waals surface area contributed by atoms with Crippen LogP contribution in [-0.2, 0) is 4.79 Å². The van der Waals surface area contributed by atoms with Crippen molar-refractivity contribution in [3.8, 4) is 0 Å². The molecule has 0 saturated heterocycles. The van der Waals surface area contributed by atoms with Crippen LogP contribution in [0.5, 0.6) is 0 Å². The standard InChI is InChI=1S/C11H9F3O/c1-5(15)6-2-7(6)8-3-10(13)11(14)4-9(8)12/h3-4,6-7H,2H2,1H3. The van der Waals surface area contributed by atoms with Crippen LogP contribution in [0, 0.1) is 23.4 Å². The van der Waals surface area contributed by atoms with Crippen molar-refractivity contribution in [2.45, 2.75) is 19.3 Å². The molecule has 1 fully saturated rings. The smallest absolute Gasteiger partial charge is 0.161 e. The van der Waals surface area contributed by atoms with E-state index in [0.29, 0.717) is 12.5 Å². The van der Waals surface area contributed by atoms with Gasteiger partial charge in [-0.3, -0.25) is 4.79 Å². The molecule has 80 valence electrons. The summed E-state index contributed by atoms with van der Waals surface area (Å²) in [5.41, 5.74) is 0.106. The largest absolute Gasteiger partial charge is 0.300 e. The van der Waals surface area contributed by atoms with E-state index >= 15 is 0 Å². The number of carbonyl (C=O) groups excluding carboxylic acids is 1. The summed E-state index contributed by atoms with van der Waals surface area (Å²) in [4.78, 5) is 11.0. The van der Waals surface area contributed by atoms with Gasteiger partial charge in [-0.25, -0.2) is 13.2 Å². The Balaban J connectivity index is 2.31. The van der Waals surface area contributed by atoms with Crippen molar-refractivity contribution < 1.29 is 18.0 Å². The molecule has 4 heteroatoms. The van der Waals surface area contributed by atoms with Crippen molar-refractivity contribution in [1.29, 1.82) is 0 Å². The number of halogens is 3. The van der Waals surface area contributed by atoms with Gasteiger partial charge < -0.3 is 0 Å². The maximum absolute atomic E-state index is 13.2. The number of ketones is 1. The second-order valence-electron chi connectivity index (χ2n) is 3.85. The summed E-state index contributed by atoms with van der Waals surface area (Å²) in [6.07, 6.45) is 0.525. The van der Waals surface area contributed by atoms with Crippen LogP contribution in [0.1, 0.15) is 24.8 Å². The molecule has 2 unspecified atom stereocenters. The van der Waals surface area contributed by atoms with Gasteiger partial charge in [-0.2, -0.15) is 0 Å². The summed E-state index contributed by atoms with van der Waals surface area (Å²) in [5, 5.41) is 0. The number of carbonyl (C=O) groups is 1. The Bertz CT molecular complexity index is 428. The van der Waals surface area contributed by atoms with Crippen molar-refractivity contribution >= 4 is 5.78 Å². The lowest BCUT2D eigenvalue weighted by Crippen LogP contribution is -1.98. The molecule has 0 amide bonds. The van der Waals surface area contributed by atoms with Crippen LogP contribution in [0.15, 0.2) is 12.1 Å². The van der Waals surface area contributed by atoms with Crippen LogP contribution < -0.4 is 0 Å². The molecule has 0 aliphatic heterocycles. The highest BCUT2D eigenvalue weighted by Gasteiger charge is 2.43. The van der Waals surface area contributed by atoms with Gasteiger partial charge in [0.2, 0.25) is 0 Å². The zero-order valence-corrected chi connectivity index (χ0v) is 8.06. The van der Waals surface area contributed by atoms with Crippen molar-refractivity contribution in [1.82, 2.24) is 0 Å². The molecule has 1 saturated carbocycles. The summed E-state index contributed by atoms with van der Waals surface area (Å²) in [6, 6.07) is 1.37. The molecule has 0 aromatic heterocycles. The number of Topliss-reactive ketones (excluding diaryl/α,β-unsaturated/α-hetero) is 1. The van der Waals surface area contributed by atoms with Crippen LogP contribution in [0.25, 0.3) is 0 Å². The highest BCUT2D eigenvalue weighted by atomic mass is 19.2. The third-order valence-corrected chi connectivity index (χ3v) is 2.75. The van der Waals surface area contributed by atoms with E-state index in [2.05, 4.69) is 0 Å². The molecule has 1 aliphatic rings. The zero-order valence-electron chi connectivity index (χ0n) is 8.06. The quantitative estimate of drug-likeness (QED) is 0.692. The lowest BCUT2D eigenvalue weighted by atomic mass is 10.1. The number of benzene rings is 1. The molecule has 0 bridgehead atoms. The monoisotopic (exact) mass is 214 g/mol. The Hall–Kier alpha value is -1.32. The normalized spacial score (nSPS) is 24.0. The molecule has 0 radical (unpaired) electrons. The Labute approximate surface area is 84.9 Å². The Morgan fingerprint density at radius 1 is 1.20 bits per heavy atom. The van der Waals surface area contributed by atoms with Crippen LogP contribution >= 0.6 is 0 Å². The van der Waals surface area contributed by atoms with Crippen LogP contribution in [-0.4, -0.2) is 5.78 Å². The van der Waals surface area contributed by atoms with Crippen molar-refractivity contribution in [3.05, 3.63) is 35.1 Å². The maximum Gasteiger partial charge on any atom is 0.161 e. The molecule has 2 atom stereocenters. The molecular weight excluding hydrogens is 205 g/mol. The fourth-order valence-corrected chi connectivity index (χ4v) is 1.81. The maximum atomic E-state index is 13.2. The van der Waals surface area contributed by atoms with Crippen LogP contribution in [0.3, 0.4) is 0 Å². The lowest BCUT2D eigenvalue weighted by Gasteiger charge is -2.02. The second kappa shape index (κ2) is 3.36. The van der Waals surface area contributed by atoms with Crippen LogP contribution in [0.2, 0.25) is 0 Å². The highest BCUT2D eigenvalue weighted by molar-refractivity contribution is 5.82. The van der Waals surface area contributed by atoms with Gasteiger partial charge in [0.25, 0.3) is 0 Å². The first-order chi connectivity index (χ1) is 7.00. The molecule has 0 N–H and O–H groups in total. The van der Waals surface area contributed by atoms with E-state index < -0.39 is 17.5 Å². The second-order valence-corrected chi connectivity index (χ2v) is 3.85. The lowest BCUT2D eigenvalue weighted by molar-refractivity contribution is -0.118. The van der Waals surface area contributed by atoms with Gasteiger partial charge in [0.1, 0.15) is 11.6 Å². The first-order valence-electron chi connectivity index (χ1n) is 4.65. The number of rotatable bonds is 2. The fraction of sp³-hybridized carbons (Fsp3) is 0.364. The molecular formula is C11H9F3O. The van der Waals surface area contributed by atoms with E-state index in [-0.39, 0.29) is 23.2 Å².